The summed E-state index contributed by atoms with van der Waals surface area (Å²) >= 11 is 0. The van der Waals surface area contributed by atoms with E-state index in [0.717, 1.165) is 5.56 Å². The number of aliphatic carboxylic acids is 2. The van der Waals surface area contributed by atoms with Crippen LogP contribution in [0.1, 0.15) is 24.8 Å². The van der Waals surface area contributed by atoms with E-state index in [1.807, 2.05) is 30.3 Å². The summed E-state index contributed by atoms with van der Waals surface area (Å²) in [5.74, 6) is -3.36. The molecule has 0 aliphatic heterocycles. The Balaban J connectivity index is 2.87. The lowest BCUT2D eigenvalue weighted by molar-refractivity contribution is -0.149. The first-order valence-electron chi connectivity index (χ1n) is 5.02. The fourth-order valence-electron chi connectivity index (χ4n) is 1.65. The van der Waals surface area contributed by atoms with Crippen molar-refractivity contribution in [2.45, 2.75) is 19.3 Å². The topological polar surface area (TPSA) is 74.6 Å². The first-order chi connectivity index (χ1) is 7.52. The first-order valence-corrected chi connectivity index (χ1v) is 5.02. The van der Waals surface area contributed by atoms with E-state index in [1.165, 1.54) is 0 Å². The van der Waals surface area contributed by atoms with Gasteiger partial charge in [0.25, 0.3) is 0 Å². The van der Waals surface area contributed by atoms with Crippen LogP contribution in [0.25, 0.3) is 0 Å². The molecule has 4 nitrogen and oxygen atoms in total. The predicted molar refractivity (Wildman–Crippen MR) is 58.2 cm³/mol. The second-order valence-corrected chi connectivity index (χ2v) is 3.74. The smallest absolute Gasteiger partial charge is 0.307 e. The van der Waals surface area contributed by atoms with Crippen LogP contribution >= 0.6 is 0 Å². The Hall–Kier alpha value is -1.84. The fourth-order valence-corrected chi connectivity index (χ4v) is 1.65. The molecule has 0 saturated carbocycles. The summed E-state index contributed by atoms with van der Waals surface area (Å²) in [6, 6.07) is 9.07. The molecule has 2 atom stereocenters. The van der Waals surface area contributed by atoms with Crippen molar-refractivity contribution >= 4 is 11.9 Å². The minimum atomic E-state index is -1.09. The third kappa shape index (κ3) is 3.08. The van der Waals surface area contributed by atoms with Gasteiger partial charge in [-0.3, -0.25) is 9.59 Å². The van der Waals surface area contributed by atoms with Crippen LogP contribution in [0.2, 0.25) is 0 Å². The molecular weight excluding hydrogens is 208 g/mol. The minimum absolute atomic E-state index is 0.310. The van der Waals surface area contributed by atoms with Crippen LogP contribution in [0, 0.1) is 5.92 Å². The zero-order chi connectivity index (χ0) is 12.1. The van der Waals surface area contributed by atoms with E-state index in [1.54, 1.807) is 6.92 Å². The van der Waals surface area contributed by atoms with Crippen LogP contribution in [0.3, 0.4) is 0 Å². The van der Waals surface area contributed by atoms with Gasteiger partial charge in [0, 0.05) is 0 Å². The van der Waals surface area contributed by atoms with E-state index in [2.05, 4.69) is 0 Å². The van der Waals surface area contributed by atoms with Crippen LogP contribution in [-0.4, -0.2) is 22.2 Å². The molecule has 0 fully saturated rings. The van der Waals surface area contributed by atoms with Crippen LogP contribution < -0.4 is 0 Å². The molecule has 0 bridgehead atoms. The highest BCUT2D eigenvalue weighted by molar-refractivity contribution is 5.78. The van der Waals surface area contributed by atoms with Gasteiger partial charge in [0.15, 0.2) is 0 Å². The number of rotatable bonds is 5. The molecule has 1 rings (SSSR count). The number of hydrogen-bond donors (Lipinski definition) is 2. The van der Waals surface area contributed by atoms with E-state index in [0.29, 0.717) is 0 Å². The van der Waals surface area contributed by atoms with Crippen molar-refractivity contribution in [1.29, 1.82) is 0 Å². The van der Waals surface area contributed by atoms with Crippen molar-refractivity contribution in [2.75, 3.05) is 0 Å². The molecule has 0 radical (unpaired) electrons. The SMILES string of the molecule is C[C@@H](c1ccccc1)[C@@H](CC(=O)O)C(=O)O. The molecular formula is C12H14O4. The molecule has 0 aromatic heterocycles. The third-order valence-corrected chi connectivity index (χ3v) is 2.64. The Bertz CT molecular complexity index is 372. The van der Waals surface area contributed by atoms with E-state index in [9.17, 15) is 9.59 Å². The van der Waals surface area contributed by atoms with Gasteiger partial charge < -0.3 is 10.2 Å². The quantitative estimate of drug-likeness (QED) is 0.798. The van der Waals surface area contributed by atoms with Gasteiger partial charge in [-0.1, -0.05) is 37.3 Å². The van der Waals surface area contributed by atoms with Gasteiger partial charge in [0.2, 0.25) is 0 Å². The third-order valence-electron chi connectivity index (χ3n) is 2.64. The average molecular weight is 222 g/mol. The molecule has 1 aromatic rings. The maximum atomic E-state index is 11.0. The van der Waals surface area contributed by atoms with Crippen molar-refractivity contribution in [3.8, 4) is 0 Å². The number of carboxylic acids is 2. The molecule has 4 heteroatoms. The van der Waals surface area contributed by atoms with Gasteiger partial charge in [-0.05, 0) is 11.5 Å². The Morgan fingerprint density at radius 1 is 1.19 bits per heavy atom. The molecule has 0 aliphatic rings. The van der Waals surface area contributed by atoms with Gasteiger partial charge in [0.1, 0.15) is 0 Å². The molecule has 0 amide bonds. The molecule has 86 valence electrons. The summed E-state index contributed by atoms with van der Waals surface area (Å²) in [4.78, 5) is 21.6. The first kappa shape index (κ1) is 12.2. The Labute approximate surface area is 93.5 Å². The molecule has 0 spiro atoms. The lowest BCUT2D eigenvalue weighted by Crippen LogP contribution is -2.23. The van der Waals surface area contributed by atoms with Gasteiger partial charge in [-0.2, -0.15) is 0 Å². The summed E-state index contributed by atoms with van der Waals surface area (Å²) in [6.07, 6.45) is -0.356. The summed E-state index contributed by atoms with van der Waals surface area (Å²) in [6.45, 7) is 1.73. The molecule has 2 N–H and O–H groups in total. The van der Waals surface area contributed by atoms with Crippen LogP contribution in [-0.2, 0) is 9.59 Å². The van der Waals surface area contributed by atoms with Crippen molar-refractivity contribution in [2.24, 2.45) is 5.92 Å². The second-order valence-electron chi connectivity index (χ2n) is 3.74. The Morgan fingerprint density at radius 2 is 1.75 bits per heavy atom. The molecule has 16 heavy (non-hydrogen) atoms. The number of hydrogen-bond acceptors (Lipinski definition) is 2. The molecule has 0 heterocycles. The number of benzene rings is 1. The van der Waals surface area contributed by atoms with Gasteiger partial charge >= 0.3 is 11.9 Å². The van der Waals surface area contributed by atoms with Crippen molar-refractivity contribution in [1.82, 2.24) is 0 Å². The molecule has 0 saturated heterocycles. The van der Waals surface area contributed by atoms with Crippen molar-refractivity contribution in [3.63, 3.8) is 0 Å². The van der Waals surface area contributed by atoms with Crippen LogP contribution in [0.5, 0.6) is 0 Å². The van der Waals surface area contributed by atoms with Crippen LogP contribution in [0.15, 0.2) is 30.3 Å². The van der Waals surface area contributed by atoms with Gasteiger partial charge in [-0.25, -0.2) is 0 Å². The monoisotopic (exact) mass is 222 g/mol. The maximum Gasteiger partial charge on any atom is 0.307 e. The molecule has 0 unspecified atom stereocenters. The molecule has 0 aliphatic carbocycles. The van der Waals surface area contributed by atoms with Gasteiger partial charge in [0.05, 0.1) is 12.3 Å². The molecule has 1 aromatic carbocycles. The van der Waals surface area contributed by atoms with E-state index < -0.39 is 17.9 Å². The van der Waals surface area contributed by atoms with Crippen molar-refractivity contribution < 1.29 is 19.8 Å². The second kappa shape index (κ2) is 5.30. The average Bonchev–Trinajstić information content (AvgIpc) is 2.25. The zero-order valence-electron chi connectivity index (χ0n) is 8.96. The summed E-state index contributed by atoms with van der Waals surface area (Å²) in [5, 5.41) is 17.7. The highest BCUT2D eigenvalue weighted by atomic mass is 16.4. The summed E-state index contributed by atoms with van der Waals surface area (Å²) in [7, 11) is 0. The van der Waals surface area contributed by atoms with Gasteiger partial charge in [-0.15, -0.1) is 0 Å². The zero-order valence-corrected chi connectivity index (χ0v) is 8.96. The lowest BCUT2D eigenvalue weighted by Gasteiger charge is -2.18. The Morgan fingerprint density at radius 3 is 2.19 bits per heavy atom. The minimum Gasteiger partial charge on any atom is -0.481 e. The summed E-state index contributed by atoms with van der Waals surface area (Å²) in [5.41, 5.74) is 0.844. The highest BCUT2D eigenvalue weighted by Gasteiger charge is 2.28. The van der Waals surface area contributed by atoms with Crippen molar-refractivity contribution in [3.05, 3.63) is 35.9 Å². The van der Waals surface area contributed by atoms with E-state index in [4.69, 9.17) is 10.2 Å². The maximum absolute atomic E-state index is 11.0. The standard InChI is InChI=1S/C12H14O4/c1-8(9-5-3-2-4-6-9)10(12(15)16)7-11(13)14/h2-6,8,10H,7H2,1H3,(H,13,14)(H,15,16)/t8-,10+/m0/s1. The van der Waals surface area contributed by atoms with E-state index in [-0.39, 0.29) is 12.3 Å². The lowest BCUT2D eigenvalue weighted by atomic mass is 9.85. The number of carbonyl (C=O) groups is 2. The van der Waals surface area contributed by atoms with E-state index >= 15 is 0 Å². The largest absolute Gasteiger partial charge is 0.481 e. The van der Waals surface area contributed by atoms with Crippen LogP contribution in [0.4, 0.5) is 0 Å². The predicted octanol–water partition coefficient (Wildman–Crippen LogP) is 1.97. The fraction of sp³-hybridized carbons (Fsp3) is 0.333. The Kier molecular flexibility index (Phi) is 4.05. The summed E-state index contributed by atoms with van der Waals surface area (Å²) < 4.78 is 0. The number of carboxylic acid groups (broad SMARTS) is 2. The normalized spacial score (nSPS) is 14.1. The highest BCUT2D eigenvalue weighted by Crippen LogP contribution is 2.26.